The average Bonchev–Trinajstić information content (AvgIpc) is 2.18. The first-order valence-electron chi connectivity index (χ1n) is 5.67. The Bertz CT molecular complexity index is 388. The lowest BCUT2D eigenvalue weighted by Gasteiger charge is -2.17. The standard InChI is InChI=1S/C13H19ClFNO/c1-9-6-11(14)10(7-12(9)15)4-5-16-8-13(2,3)17/h6-7,16-17H,4-5,8H2,1-3H3. The van der Waals surface area contributed by atoms with Gasteiger partial charge in [0.25, 0.3) is 0 Å². The number of aryl methyl sites for hydroxylation is 1. The molecule has 0 aliphatic carbocycles. The minimum absolute atomic E-state index is 0.230. The van der Waals surface area contributed by atoms with Crippen LogP contribution in [-0.4, -0.2) is 23.8 Å². The number of hydrogen-bond acceptors (Lipinski definition) is 2. The van der Waals surface area contributed by atoms with Crippen LogP contribution in [0.2, 0.25) is 5.02 Å². The van der Waals surface area contributed by atoms with Gasteiger partial charge in [-0.1, -0.05) is 11.6 Å². The number of hydrogen-bond donors (Lipinski definition) is 2. The first kappa shape index (κ1) is 14.4. The summed E-state index contributed by atoms with van der Waals surface area (Å²) >= 11 is 6.03. The Labute approximate surface area is 107 Å². The normalized spacial score (nSPS) is 11.9. The van der Waals surface area contributed by atoms with Crippen molar-refractivity contribution in [3.8, 4) is 0 Å². The predicted molar refractivity (Wildman–Crippen MR) is 69.0 cm³/mol. The van der Waals surface area contributed by atoms with Crippen molar-refractivity contribution in [2.75, 3.05) is 13.1 Å². The molecular formula is C13H19ClFNO. The van der Waals surface area contributed by atoms with E-state index in [1.54, 1.807) is 26.8 Å². The summed E-state index contributed by atoms with van der Waals surface area (Å²) in [5, 5.41) is 13.2. The first-order chi connectivity index (χ1) is 7.79. The Morgan fingerprint density at radius 3 is 2.65 bits per heavy atom. The molecule has 0 radical (unpaired) electrons. The van der Waals surface area contributed by atoms with Crippen molar-refractivity contribution in [2.24, 2.45) is 0 Å². The van der Waals surface area contributed by atoms with Crippen LogP contribution in [0.3, 0.4) is 0 Å². The van der Waals surface area contributed by atoms with Crippen molar-refractivity contribution in [2.45, 2.75) is 32.8 Å². The van der Waals surface area contributed by atoms with Crippen LogP contribution in [0.25, 0.3) is 0 Å². The quantitative estimate of drug-likeness (QED) is 0.797. The zero-order valence-corrected chi connectivity index (χ0v) is 11.2. The Balaban J connectivity index is 2.50. The number of aliphatic hydroxyl groups is 1. The topological polar surface area (TPSA) is 32.3 Å². The van der Waals surface area contributed by atoms with E-state index in [2.05, 4.69) is 5.32 Å². The predicted octanol–water partition coefficient (Wildman–Crippen LogP) is 2.69. The second-order valence-electron chi connectivity index (χ2n) is 4.93. The lowest BCUT2D eigenvalue weighted by Crippen LogP contribution is -2.35. The average molecular weight is 260 g/mol. The van der Waals surface area contributed by atoms with E-state index in [1.165, 1.54) is 6.07 Å². The summed E-state index contributed by atoms with van der Waals surface area (Å²) in [4.78, 5) is 0. The highest BCUT2D eigenvalue weighted by Crippen LogP contribution is 2.20. The van der Waals surface area contributed by atoms with Crippen LogP contribution in [0.5, 0.6) is 0 Å². The molecule has 2 N–H and O–H groups in total. The number of rotatable bonds is 5. The van der Waals surface area contributed by atoms with Crippen LogP contribution >= 0.6 is 11.6 Å². The second-order valence-corrected chi connectivity index (χ2v) is 5.34. The van der Waals surface area contributed by atoms with Gasteiger partial charge < -0.3 is 10.4 Å². The third-order valence-corrected chi connectivity index (χ3v) is 2.81. The molecular weight excluding hydrogens is 241 g/mol. The van der Waals surface area contributed by atoms with Gasteiger partial charge in [0.05, 0.1) is 5.60 Å². The fourth-order valence-corrected chi connectivity index (χ4v) is 1.81. The molecule has 0 spiro atoms. The molecule has 1 rings (SSSR count). The molecule has 0 unspecified atom stereocenters. The number of halogens is 2. The van der Waals surface area contributed by atoms with Crippen LogP contribution < -0.4 is 5.32 Å². The molecule has 0 bridgehead atoms. The maximum atomic E-state index is 13.3. The van der Waals surface area contributed by atoms with Crippen LogP contribution in [0, 0.1) is 12.7 Å². The summed E-state index contributed by atoms with van der Waals surface area (Å²) in [7, 11) is 0. The fraction of sp³-hybridized carbons (Fsp3) is 0.538. The van der Waals surface area contributed by atoms with Crippen molar-refractivity contribution in [1.29, 1.82) is 0 Å². The van der Waals surface area contributed by atoms with E-state index in [0.29, 0.717) is 30.1 Å². The molecule has 1 aromatic carbocycles. The van der Waals surface area contributed by atoms with E-state index in [0.717, 1.165) is 5.56 Å². The summed E-state index contributed by atoms with van der Waals surface area (Å²) in [6.45, 7) is 6.32. The van der Waals surface area contributed by atoms with E-state index >= 15 is 0 Å². The lowest BCUT2D eigenvalue weighted by molar-refractivity contribution is 0.0801. The molecule has 0 saturated carbocycles. The highest BCUT2D eigenvalue weighted by Gasteiger charge is 2.11. The molecule has 0 aromatic heterocycles. The van der Waals surface area contributed by atoms with Gasteiger partial charge in [0.1, 0.15) is 5.82 Å². The largest absolute Gasteiger partial charge is 0.389 e. The monoisotopic (exact) mass is 259 g/mol. The Morgan fingerprint density at radius 1 is 1.41 bits per heavy atom. The molecule has 17 heavy (non-hydrogen) atoms. The Morgan fingerprint density at radius 2 is 2.06 bits per heavy atom. The zero-order valence-electron chi connectivity index (χ0n) is 10.5. The summed E-state index contributed by atoms with van der Waals surface area (Å²) in [5.41, 5.74) is 0.615. The SMILES string of the molecule is Cc1cc(Cl)c(CCNCC(C)(C)O)cc1F. The maximum Gasteiger partial charge on any atom is 0.126 e. The van der Waals surface area contributed by atoms with Gasteiger partial charge in [-0.2, -0.15) is 0 Å². The van der Waals surface area contributed by atoms with Gasteiger partial charge in [-0.05, 0) is 57.0 Å². The van der Waals surface area contributed by atoms with Crippen molar-refractivity contribution in [3.63, 3.8) is 0 Å². The molecule has 0 heterocycles. The highest BCUT2D eigenvalue weighted by molar-refractivity contribution is 6.31. The zero-order chi connectivity index (χ0) is 13.1. The van der Waals surface area contributed by atoms with Gasteiger partial charge >= 0.3 is 0 Å². The fourth-order valence-electron chi connectivity index (χ4n) is 1.50. The first-order valence-corrected chi connectivity index (χ1v) is 6.05. The third-order valence-electron chi connectivity index (χ3n) is 2.46. The Kier molecular flexibility index (Phi) is 4.92. The van der Waals surface area contributed by atoms with Crippen LogP contribution in [0.1, 0.15) is 25.0 Å². The summed E-state index contributed by atoms with van der Waals surface area (Å²) in [6, 6.07) is 3.12. The van der Waals surface area contributed by atoms with Crippen LogP contribution in [-0.2, 0) is 6.42 Å². The lowest BCUT2D eigenvalue weighted by atomic mass is 10.1. The van der Waals surface area contributed by atoms with Gasteiger partial charge in [-0.15, -0.1) is 0 Å². The molecule has 0 aliphatic heterocycles. The molecule has 0 fully saturated rings. The van der Waals surface area contributed by atoms with E-state index in [4.69, 9.17) is 11.6 Å². The minimum atomic E-state index is -0.734. The minimum Gasteiger partial charge on any atom is -0.389 e. The molecule has 0 atom stereocenters. The van der Waals surface area contributed by atoms with Crippen molar-refractivity contribution in [1.82, 2.24) is 5.32 Å². The van der Waals surface area contributed by atoms with E-state index < -0.39 is 5.60 Å². The van der Waals surface area contributed by atoms with Gasteiger partial charge in [-0.3, -0.25) is 0 Å². The molecule has 4 heteroatoms. The molecule has 2 nitrogen and oxygen atoms in total. The smallest absolute Gasteiger partial charge is 0.126 e. The highest BCUT2D eigenvalue weighted by atomic mass is 35.5. The summed E-state index contributed by atoms with van der Waals surface area (Å²) < 4.78 is 13.3. The van der Waals surface area contributed by atoms with E-state index in [-0.39, 0.29) is 5.82 Å². The number of benzene rings is 1. The van der Waals surface area contributed by atoms with Crippen LogP contribution in [0.4, 0.5) is 4.39 Å². The summed E-state index contributed by atoms with van der Waals surface area (Å²) in [5.74, 6) is -0.230. The second kappa shape index (κ2) is 5.80. The maximum absolute atomic E-state index is 13.3. The van der Waals surface area contributed by atoms with Gasteiger partial charge in [-0.25, -0.2) is 4.39 Å². The van der Waals surface area contributed by atoms with Crippen molar-refractivity contribution < 1.29 is 9.50 Å². The van der Waals surface area contributed by atoms with E-state index in [1.807, 2.05) is 0 Å². The molecule has 1 aromatic rings. The van der Waals surface area contributed by atoms with Crippen molar-refractivity contribution >= 4 is 11.6 Å². The molecule has 0 aliphatic rings. The Hall–Kier alpha value is -0.640. The summed E-state index contributed by atoms with van der Waals surface area (Å²) in [6.07, 6.45) is 0.645. The van der Waals surface area contributed by atoms with Gasteiger partial charge in [0, 0.05) is 11.6 Å². The molecule has 96 valence electrons. The third kappa shape index (κ3) is 5.02. The molecule has 0 amide bonds. The van der Waals surface area contributed by atoms with Crippen molar-refractivity contribution in [3.05, 3.63) is 34.1 Å². The van der Waals surface area contributed by atoms with Gasteiger partial charge in [0.15, 0.2) is 0 Å². The van der Waals surface area contributed by atoms with Crippen LogP contribution in [0.15, 0.2) is 12.1 Å². The molecule has 0 saturated heterocycles. The van der Waals surface area contributed by atoms with E-state index in [9.17, 15) is 9.50 Å². The number of nitrogens with one attached hydrogen (secondary N) is 1. The van der Waals surface area contributed by atoms with Gasteiger partial charge in [0.2, 0.25) is 0 Å².